The number of amides is 1. The maximum absolute atomic E-state index is 13.4. The number of hydrogen-bond donors (Lipinski definition) is 1. The van der Waals surface area contributed by atoms with E-state index in [9.17, 15) is 14.7 Å². The number of carbonyl (C=O) groups is 2. The van der Waals surface area contributed by atoms with Gasteiger partial charge in [-0.05, 0) is 46.5 Å². The molecule has 0 radical (unpaired) electrons. The van der Waals surface area contributed by atoms with Crippen molar-refractivity contribution < 1.29 is 14.7 Å². The number of aromatic nitrogens is 1. The van der Waals surface area contributed by atoms with Crippen LogP contribution in [0.15, 0.2) is 96.7 Å². The highest BCUT2D eigenvalue weighted by atomic mass is 16.3. The minimum atomic E-state index is -0.843. The van der Waals surface area contributed by atoms with Crippen LogP contribution in [-0.2, 0) is 9.59 Å². The second-order valence-corrected chi connectivity index (χ2v) is 8.70. The average Bonchev–Trinajstić information content (AvgIpc) is 3.14. The maximum atomic E-state index is 13.4. The van der Waals surface area contributed by atoms with Gasteiger partial charge in [-0.15, -0.1) is 0 Å². The van der Waals surface area contributed by atoms with Gasteiger partial charge in [-0.25, -0.2) is 0 Å². The molecular formula is C29H24N2O3. The van der Waals surface area contributed by atoms with Crippen molar-refractivity contribution in [1.82, 2.24) is 4.98 Å². The summed E-state index contributed by atoms with van der Waals surface area (Å²) >= 11 is 0. The second-order valence-electron chi connectivity index (χ2n) is 8.70. The molecule has 0 bridgehead atoms. The molecule has 3 aromatic carbocycles. The van der Waals surface area contributed by atoms with Crippen molar-refractivity contribution in [3.05, 3.63) is 114 Å². The summed E-state index contributed by atoms with van der Waals surface area (Å²) in [6, 6.07) is 25.3. The van der Waals surface area contributed by atoms with Crippen LogP contribution < -0.4 is 4.90 Å². The Morgan fingerprint density at radius 1 is 0.882 bits per heavy atom. The zero-order valence-corrected chi connectivity index (χ0v) is 19.0. The number of hydrogen-bond acceptors (Lipinski definition) is 4. The average molecular weight is 449 g/mol. The van der Waals surface area contributed by atoms with Crippen LogP contribution in [-0.4, -0.2) is 21.8 Å². The molecule has 1 saturated heterocycles. The Hall–Kier alpha value is -4.25. The van der Waals surface area contributed by atoms with Gasteiger partial charge in [0.1, 0.15) is 11.8 Å². The third-order valence-corrected chi connectivity index (χ3v) is 6.30. The molecule has 1 aliphatic rings. The fourth-order valence-electron chi connectivity index (χ4n) is 4.51. The number of rotatable bonds is 4. The smallest absolute Gasteiger partial charge is 0.300 e. The zero-order valence-electron chi connectivity index (χ0n) is 19.0. The Balaban J connectivity index is 1.73. The zero-order chi connectivity index (χ0) is 23.8. The molecular weight excluding hydrogens is 424 g/mol. The summed E-state index contributed by atoms with van der Waals surface area (Å²) in [7, 11) is 0. The lowest BCUT2D eigenvalue weighted by Gasteiger charge is -2.25. The lowest BCUT2D eigenvalue weighted by molar-refractivity contribution is -0.132. The predicted octanol–water partition coefficient (Wildman–Crippen LogP) is 5.98. The van der Waals surface area contributed by atoms with Crippen LogP contribution in [0.25, 0.3) is 16.5 Å². The van der Waals surface area contributed by atoms with Crippen LogP contribution in [0.4, 0.5) is 5.69 Å². The second kappa shape index (κ2) is 8.60. The number of aliphatic hydroxyl groups excluding tert-OH is 1. The van der Waals surface area contributed by atoms with Crippen LogP contribution in [0.3, 0.4) is 0 Å². The first kappa shape index (κ1) is 21.6. The summed E-state index contributed by atoms with van der Waals surface area (Å²) in [5.41, 5.74) is 2.76. The van der Waals surface area contributed by atoms with E-state index in [4.69, 9.17) is 0 Å². The number of fused-ring (bicyclic) bond motifs is 1. The molecule has 34 heavy (non-hydrogen) atoms. The Morgan fingerprint density at radius 3 is 2.29 bits per heavy atom. The fraction of sp³-hybridized carbons (Fsp3) is 0.138. The number of ketones is 1. The molecule has 1 aliphatic heterocycles. The summed E-state index contributed by atoms with van der Waals surface area (Å²) in [6.45, 7) is 4.19. The number of carbonyl (C=O) groups excluding carboxylic acids is 2. The SMILES string of the molecule is CC(C)c1ccc(N2C(=O)C(=O)/C(=C(\O)c3cccc4ccccc34)C2c2ccccn2)cc1. The van der Waals surface area contributed by atoms with Gasteiger partial charge in [0.15, 0.2) is 0 Å². The first-order valence-corrected chi connectivity index (χ1v) is 11.3. The summed E-state index contributed by atoms with van der Waals surface area (Å²) in [6.07, 6.45) is 1.62. The molecule has 1 aromatic heterocycles. The highest BCUT2D eigenvalue weighted by Crippen LogP contribution is 2.42. The summed E-state index contributed by atoms with van der Waals surface area (Å²) in [4.78, 5) is 32.6. The number of anilines is 1. The third-order valence-electron chi connectivity index (χ3n) is 6.30. The van der Waals surface area contributed by atoms with Crippen LogP contribution in [0.2, 0.25) is 0 Å². The van der Waals surface area contributed by atoms with Gasteiger partial charge in [0.05, 0.1) is 11.3 Å². The van der Waals surface area contributed by atoms with E-state index in [1.165, 1.54) is 4.90 Å². The van der Waals surface area contributed by atoms with Crippen LogP contribution >= 0.6 is 0 Å². The monoisotopic (exact) mass is 448 g/mol. The number of aliphatic hydroxyl groups is 1. The lowest BCUT2D eigenvalue weighted by Crippen LogP contribution is -2.29. The molecule has 1 atom stereocenters. The van der Waals surface area contributed by atoms with Crippen molar-refractivity contribution in [2.45, 2.75) is 25.8 Å². The van der Waals surface area contributed by atoms with Gasteiger partial charge in [-0.1, -0.05) is 74.5 Å². The van der Waals surface area contributed by atoms with E-state index in [1.54, 1.807) is 24.4 Å². The maximum Gasteiger partial charge on any atom is 0.300 e. The first-order chi connectivity index (χ1) is 16.5. The number of benzene rings is 3. The van der Waals surface area contributed by atoms with Crippen molar-refractivity contribution in [2.24, 2.45) is 0 Å². The largest absolute Gasteiger partial charge is 0.507 e. The minimum Gasteiger partial charge on any atom is -0.507 e. The molecule has 0 saturated carbocycles. The van der Waals surface area contributed by atoms with E-state index in [0.717, 1.165) is 16.3 Å². The van der Waals surface area contributed by atoms with E-state index in [2.05, 4.69) is 18.8 Å². The van der Waals surface area contributed by atoms with Crippen molar-refractivity contribution in [3.63, 3.8) is 0 Å². The summed E-state index contributed by atoms with van der Waals surface area (Å²) < 4.78 is 0. The van der Waals surface area contributed by atoms with Gasteiger partial charge < -0.3 is 5.11 Å². The van der Waals surface area contributed by atoms with Crippen molar-refractivity contribution >= 4 is 33.9 Å². The molecule has 5 heteroatoms. The van der Waals surface area contributed by atoms with E-state index >= 15 is 0 Å². The van der Waals surface area contributed by atoms with Gasteiger partial charge in [0.2, 0.25) is 0 Å². The van der Waals surface area contributed by atoms with Gasteiger partial charge in [0, 0.05) is 17.4 Å². The van der Waals surface area contributed by atoms with Crippen molar-refractivity contribution in [1.29, 1.82) is 0 Å². The topological polar surface area (TPSA) is 70.5 Å². The van der Waals surface area contributed by atoms with Crippen LogP contribution in [0.1, 0.15) is 42.6 Å². The molecule has 0 spiro atoms. The third kappa shape index (κ3) is 3.55. The normalized spacial score (nSPS) is 17.6. The molecule has 168 valence electrons. The molecule has 1 fully saturated rings. The van der Waals surface area contributed by atoms with E-state index < -0.39 is 17.7 Å². The van der Waals surface area contributed by atoms with Crippen LogP contribution in [0, 0.1) is 0 Å². The molecule has 4 aromatic rings. The quantitative estimate of drug-likeness (QED) is 0.237. The molecule has 1 N–H and O–H groups in total. The van der Waals surface area contributed by atoms with Gasteiger partial charge >= 0.3 is 0 Å². The number of nitrogens with zero attached hydrogens (tertiary/aromatic N) is 2. The molecule has 1 amide bonds. The number of Topliss-reactive ketones (excluding diaryl/α,β-unsaturated/α-hetero) is 1. The van der Waals surface area contributed by atoms with Gasteiger partial charge in [-0.3, -0.25) is 19.5 Å². The van der Waals surface area contributed by atoms with Crippen molar-refractivity contribution in [3.8, 4) is 0 Å². The van der Waals surface area contributed by atoms with E-state index in [0.29, 0.717) is 22.9 Å². The Labute approximate surface area is 198 Å². The summed E-state index contributed by atoms with van der Waals surface area (Å²) in [5.74, 6) is -1.28. The van der Waals surface area contributed by atoms with Gasteiger partial charge in [0.25, 0.3) is 11.7 Å². The molecule has 0 aliphatic carbocycles. The molecule has 5 rings (SSSR count). The van der Waals surface area contributed by atoms with Crippen molar-refractivity contribution in [2.75, 3.05) is 4.90 Å². The summed E-state index contributed by atoms with van der Waals surface area (Å²) in [5, 5.41) is 13.2. The Morgan fingerprint density at radius 2 is 1.59 bits per heavy atom. The van der Waals surface area contributed by atoms with E-state index in [-0.39, 0.29) is 11.3 Å². The Bertz CT molecular complexity index is 1420. The highest BCUT2D eigenvalue weighted by molar-refractivity contribution is 6.51. The predicted molar refractivity (Wildman–Crippen MR) is 133 cm³/mol. The highest BCUT2D eigenvalue weighted by Gasteiger charge is 2.47. The standard InChI is InChI=1S/C29H24N2O3/c1-18(2)19-13-15-21(16-14-19)31-26(24-12-5-6-17-30-24)25(28(33)29(31)34)27(32)23-11-7-9-20-8-3-4-10-22(20)23/h3-18,26,32H,1-2H3/b27-25-. The molecule has 2 heterocycles. The first-order valence-electron chi connectivity index (χ1n) is 11.3. The van der Waals surface area contributed by atoms with Crippen LogP contribution in [0.5, 0.6) is 0 Å². The molecule has 1 unspecified atom stereocenters. The Kier molecular flexibility index (Phi) is 5.46. The fourth-order valence-corrected chi connectivity index (χ4v) is 4.51. The lowest BCUT2D eigenvalue weighted by atomic mass is 9.95. The number of pyridine rings is 1. The molecule has 5 nitrogen and oxygen atoms in total. The van der Waals surface area contributed by atoms with E-state index in [1.807, 2.05) is 66.7 Å². The minimum absolute atomic E-state index is 0.0352. The van der Waals surface area contributed by atoms with Gasteiger partial charge in [-0.2, -0.15) is 0 Å².